The fourth-order valence-corrected chi connectivity index (χ4v) is 2.63. The Morgan fingerprint density at radius 1 is 1.41 bits per heavy atom. The minimum Gasteiger partial charge on any atom is -0.381 e. The Morgan fingerprint density at radius 2 is 2.18 bits per heavy atom. The van der Waals surface area contributed by atoms with Gasteiger partial charge in [0.25, 0.3) is 0 Å². The van der Waals surface area contributed by atoms with E-state index in [0.717, 1.165) is 30.2 Å². The van der Waals surface area contributed by atoms with Crippen molar-refractivity contribution in [1.29, 1.82) is 0 Å². The molecular weight excluding hydrogens is 236 g/mol. The third-order valence-corrected chi connectivity index (χ3v) is 3.62. The van der Waals surface area contributed by atoms with E-state index in [-0.39, 0.29) is 6.10 Å². The molecule has 1 aromatic rings. The molecule has 0 amide bonds. The number of rotatable bonds is 8. The maximum atomic E-state index is 5.26. The fourth-order valence-electron chi connectivity index (χ4n) is 1.48. The molecule has 4 nitrogen and oxygen atoms in total. The Hall–Kier alpha value is -0.490. The van der Waals surface area contributed by atoms with E-state index in [1.54, 1.807) is 25.6 Å². The van der Waals surface area contributed by atoms with Gasteiger partial charge >= 0.3 is 0 Å². The van der Waals surface area contributed by atoms with E-state index in [0.29, 0.717) is 6.61 Å². The second-order valence-electron chi connectivity index (χ2n) is 3.94. The van der Waals surface area contributed by atoms with Crippen LogP contribution in [0.2, 0.25) is 0 Å². The van der Waals surface area contributed by atoms with E-state index in [4.69, 9.17) is 9.47 Å². The van der Waals surface area contributed by atoms with Crippen molar-refractivity contribution in [3.63, 3.8) is 0 Å². The molecule has 0 aromatic carbocycles. The summed E-state index contributed by atoms with van der Waals surface area (Å²) in [6.45, 7) is 6.58. The van der Waals surface area contributed by atoms with Gasteiger partial charge in [0, 0.05) is 32.1 Å². The maximum absolute atomic E-state index is 5.26. The van der Waals surface area contributed by atoms with Crippen molar-refractivity contribution >= 4 is 11.3 Å². The second kappa shape index (κ2) is 7.76. The lowest BCUT2D eigenvalue weighted by Crippen LogP contribution is -2.12. The minimum absolute atomic E-state index is 0.212. The normalized spacial score (nSPS) is 12.9. The highest BCUT2D eigenvalue weighted by Crippen LogP contribution is 2.21. The monoisotopic (exact) mass is 258 g/mol. The minimum atomic E-state index is 0.212. The molecule has 98 valence electrons. The lowest BCUT2D eigenvalue weighted by Gasteiger charge is -2.05. The van der Waals surface area contributed by atoms with Crippen molar-refractivity contribution in [2.75, 3.05) is 20.8 Å². The van der Waals surface area contributed by atoms with Gasteiger partial charge in [-0.15, -0.1) is 11.3 Å². The van der Waals surface area contributed by atoms with Gasteiger partial charge in [-0.1, -0.05) is 6.92 Å². The quantitative estimate of drug-likeness (QED) is 0.774. The summed E-state index contributed by atoms with van der Waals surface area (Å²) in [7, 11) is 3.43. The number of thiazole rings is 1. The predicted molar refractivity (Wildman–Crippen MR) is 70.4 cm³/mol. The molecule has 1 unspecified atom stereocenters. The topological polar surface area (TPSA) is 43.4 Å². The van der Waals surface area contributed by atoms with Crippen LogP contribution in [0.25, 0.3) is 0 Å². The summed E-state index contributed by atoms with van der Waals surface area (Å²) in [6.07, 6.45) is 1.08. The summed E-state index contributed by atoms with van der Waals surface area (Å²) in [5.74, 6) is 0. The van der Waals surface area contributed by atoms with Crippen molar-refractivity contribution in [1.82, 2.24) is 10.3 Å². The lowest BCUT2D eigenvalue weighted by atomic mass is 10.3. The van der Waals surface area contributed by atoms with Gasteiger partial charge in [-0.3, -0.25) is 0 Å². The highest BCUT2D eigenvalue weighted by molar-refractivity contribution is 7.11. The summed E-state index contributed by atoms with van der Waals surface area (Å²) in [6, 6.07) is 0. The Bertz CT molecular complexity index is 328. The Kier molecular flexibility index (Phi) is 6.65. The molecular formula is C12H22N2O2S. The van der Waals surface area contributed by atoms with E-state index < -0.39 is 0 Å². The summed E-state index contributed by atoms with van der Waals surface area (Å²) in [4.78, 5) is 5.88. The van der Waals surface area contributed by atoms with Gasteiger partial charge in [0.1, 0.15) is 0 Å². The summed E-state index contributed by atoms with van der Waals surface area (Å²) in [5.41, 5.74) is 1.05. The molecule has 0 radical (unpaired) electrons. The van der Waals surface area contributed by atoms with Gasteiger partial charge in [0.2, 0.25) is 0 Å². The lowest BCUT2D eigenvalue weighted by molar-refractivity contribution is 0.118. The average Bonchev–Trinajstić information content (AvgIpc) is 2.69. The predicted octanol–water partition coefficient (Wildman–Crippen LogP) is 1.98. The second-order valence-corrected chi connectivity index (χ2v) is 5.11. The third-order valence-electron chi connectivity index (χ3n) is 2.50. The number of ether oxygens (including phenoxy) is 2. The largest absolute Gasteiger partial charge is 0.381 e. The van der Waals surface area contributed by atoms with Gasteiger partial charge in [-0.05, 0) is 13.5 Å². The number of aromatic nitrogens is 1. The molecule has 0 saturated heterocycles. The molecule has 0 saturated carbocycles. The molecule has 0 aliphatic carbocycles. The van der Waals surface area contributed by atoms with E-state index in [2.05, 4.69) is 24.1 Å². The van der Waals surface area contributed by atoms with Crippen LogP contribution in [0.5, 0.6) is 0 Å². The number of hydrogen-bond donors (Lipinski definition) is 1. The molecule has 1 heterocycles. The first-order chi connectivity index (χ1) is 8.21. The Labute approximate surface area is 107 Å². The first-order valence-corrected chi connectivity index (χ1v) is 6.72. The number of nitrogens with one attached hydrogen (secondary N) is 1. The number of hydrogen-bond acceptors (Lipinski definition) is 5. The van der Waals surface area contributed by atoms with Crippen molar-refractivity contribution in [3.8, 4) is 0 Å². The van der Waals surface area contributed by atoms with E-state index in [1.165, 1.54) is 4.88 Å². The van der Waals surface area contributed by atoms with Crippen LogP contribution >= 0.6 is 11.3 Å². The van der Waals surface area contributed by atoms with Gasteiger partial charge in [0.15, 0.2) is 0 Å². The van der Waals surface area contributed by atoms with E-state index in [9.17, 15) is 0 Å². The standard InChI is InChI=1S/C12H22N2O2S/c1-5-13-7-11-10(8-15-3)14-12(17-11)6-9(2)16-4/h9,13H,5-8H2,1-4H3. The summed E-state index contributed by atoms with van der Waals surface area (Å²) < 4.78 is 10.4. The molecule has 1 atom stereocenters. The maximum Gasteiger partial charge on any atom is 0.0958 e. The van der Waals surface area contributed by atoms with E-state index in [1.807, 2.05) is 0 Å². The molecule has 17 heavy (non-hydrogen) atoms. The third kappa shape index (κ3) is 4.71. The van der Waals surface area contributed by atoms with Crippen molar-refractivity contribution in [3.05, 3.63) is 15.6 Å². The van der Waals surface area contributed by atoms with Crippen LogP contribution in [0.15, 0.2) is 0 Å². The molecule has 0 fully saturated rings. The molecule has 1 rings (SSSR count). The van der Waals surface area contributed by atoms with Crippen LogP contribution in [-0.4, -0.2) is 31.9 Å². The zero-order chi connectivity index (χ0) is 12.7. The summed E-state index contributed by atoms with van der Waals surface area (Å²) in [5, 5.41) is 4.45. The van der Waals surface area contributed by atoms with Crippen LogP contribution in [0.4, 0.5) is 0 Å². The molecule has 0 spiro atoms. The van der Waals surface area contributed by atoms with E-state index >= 15 is 0 Å². The van der Waals surface area contributed by atoms with Crippen LogP contribution in [0.3, 0.4) is 0 Å². The zero-order valence-electron chi connectivity index (χ0n) is 11.1. The highest BCUT2D eigenvalue weighted by Gasteiger charge is 2.12. The SMILES string of the molecule is CCNCc1sc(CC(C)OC)nc1COC. The van der Waals surface area contributed by atoms with Crippen molar-refractivity contribution in [2.24, 2.45) is 0 Å². The first-order valence-electron chi connectivity index (χ1n) is 5.91. The van der Waals surface area contributed by atoms with Crippen LogP contribution in [0.1, 0.15) is 29.4 Å². The van der Waals surface area contributed by atoms with Gasteiger partial charge in [-0.25, -0.2) is 4.98 Å². The Morgan fingerprint density at radius 3 is 2.76 bits per heavy atom. The molecule has 0 aliphatic rings. The number of methoxy groups -OCH3 is 2. The van der Waals surface area contributed by atoms with Gasteiger partial charge < -0.3 is 14.8 Å². The highest BCUT2D eigenvalue weighted by atomic mass is 32.1. The van der Waals surface area contributed by atoms with Crippen molar-refractivity contribution in [2.45, 2.75) is 39.5 Å². The molecule has 0 aliphatic heterocycles. The van der Waals surface area contributed by atoms with Crippen molar-refractivity contribution < 1.29 is 9.47 Å². The van der Waals surface area contributed by atoms with Gasteiger partial charge in [0.05, 0.1) is 23.4 Å². The fraction of sp³-hybridized carbons (Fsp3) is 0.750. The van der Waals surface area contributed by atoms with Crippen LogP contribution < -0.4 is 5.32 Å². The zero-order valence-corrected chi connectivity index (χ0v) is 11.9. The van der Waals surface area contributed by atoms with Gasteiger partial charge in [-0.2, -0.15) is 0 Å². The Balaban J connectivity index is 2.72. The molecule has 0 bridgehead atoms. The number of nitrogens with zero attached hydrogens (tertiary/aromatic N) is 1. The molecule has 1 N–H and O–H groups in total. The first kappa shape index (κ1) is 14.6. The van der Waals surface area contributed by atoms with Crippen LogP contribution in [0, 0.1) is 0 Å². The average molecular weight is 258 g/mol. The van der Waals surface area contributed by atoms with Crippen LogP contribution in [-0.2, 0) is 29.0 Å². The summed E-state index contributed by atoms with van der Waals surface area (Å²) >= 11 is 1.75. The smallest absolute Gasteiger partial charge is 0.0958 e. The molecule has 5 heteroatoms. The molecule has 1 aromatic heterocycles.